The lowest BCUT2D eigenvalue weighted by Crippen LogP contribution is -2.37. The molecule has 0 aliphatic carbocycles. The van der Waals surface area contributed by atoms with E-state index in [0.29, 0.717) is 25.5 Å². The molecule has 1 aromatic rings. The molecular formula is C15H24N2O3. The standard InChI is InChI=1S/C15H24N2O3/c1-5-13(15(18)19-6-2)17-10-12-8-7-9-16-14(12)20-11(3)4/h7-9,11,13,17H,5-6,10H2,1-4H3. The highest BCUT2D eigenvalue weighted by Gasteiger charge is 2.17. The molecule has 112 valence electrons. The number of hydrogen-bond donors (Lipinski definition) is 1. The number of carbonyl (C=O) groups excluding carboxylic acids is 1. The Morgan fingerprint density at radius 3 is 2.75 bits per heavy atom. The molecule has 20 heavy (non-hydrogen) atoms. The second-order valence-corrected chi connectivity index (χ2v) is 4.73. The van der Waals surface area contributed by atoms with Crippen molar-refractivity contribution in [2.24, 2.45) is 0 Å². The average Bonchev–Trinajstić information content (AvgIpc) is 2.41. The Kier molecular flexibility index (Phi) is 7.01. The predicted octanol–water partition coefficient (Wildman–Crippen LogP) is 2.30. The van der Waals surface area contributed by atoms with Gasteiger partial charge in [0.05, 0.1) is 12.7 Å². The second kappa shape index (κ2) is 8.53. The Bertz CT molecular complexity index is 421. The van der Waals surface area contributed by atoms with Crippen molar-refractivity contribution < 1.29 is 14.3 Å². The SMILES string of the molecule is CCOC(=O)C(CC)NCc1cccnc1OC(C)C. The number of esters is 1. The van der Waals surface area contributed by atoms with Gasteiger partial charge in [0.25, 0.3) is 0 Å². The molecule has 1 atom stereocenters. The highest BCUT2D eigenvalue weighted by molar-refractivity contribution is 5.75. The molecule has 0 radical (unpaired) electrons. The van der Waals surface area contributed by atoms with E-state index in [1.807, 2.05) is 32.9 Å². The molecule has 0 bridgehead atoms. The van der Waals surface area contributed by atoms with Gasteiger partial charge in [-0.15, -0.1) is 0 Å². The number of nitrogens with zero attached hydrogens (tertiary/aromatic N) is 1. The third kappa shape index (κ3) is 5.17. The Balaban J connectivity index is 2.66. The predicted molar refractivity (Wildman–Crippen MR) is 77.6 cm³/mol. The van der Waals surface area contributed by atoms with Gasteiger partial charge in [-0.1, -0.05) is 13.0 Å². The third-order valence-electron chi connectivity index (χ3n) is 2.72. The minimum Gasteiger partial charge on any atom is -0.475 e. The average molecular weight is 280 g/mol. The van der Waals surface area contributed by atoms with Crippen LogP contribution in [0.3, 0.4) is 0 Å². The summed E-state index contributed by atoms with van der Waals surface area (Å²) < 4.78 is 10.7. The van der Waals surface area contributed by atoms with Crippen LogP contribution in [0.5, 0.6) is 5.88 Å². The third-order valence-corrected chi connectivity index (χ3v) is 2.72. The summed E-state index contributed by atoms with van der Waals surface area (Å²) >= 11 is 0. The van der Waals surface area contributed by atoms with Crippen LogP contribution in [0.1, 0.15) is 39.7 Å². The Morgan fingerprint density at radius 2 is 2.15 bits per heavy atom. The fourth-order valence-corrected chi connectivity index (χ4v) is 1.76. The smallest absolute Gasteiger partial charge is 0.323 e. The maximum absolute atomic E-state index is 11.7. The molecule has 5 nitrogen and oxygen atoms in total. The van der Waals surface area contributed by atoms with Crippen LogP contribution in [0.25, 0.3) is 0 Å². The Morgan fingerprint density at radius 1 is 1.40 bits per heavy atom. The molecule has 1 heterocycles. The zero-order valence-electron chi connectivity index (χ0n) is 12.7. The van der Waals surface area contributed by atoms with E-state index in [-0.39, 0.29) is 18.1 Å². The summed E-state index contributed by atoms with van der Waals surface area (Å²) in [5, 5.41) is 3.19. The van der Waals surface area contributed by atoms with Gasteiger partial charge in [0, 0.05) is 18.3 Å². The molecule has 0 aliphatic heterocycles. The first kappa shape index (κ1) is 16.4. The summed E-state index contributed by atoms with van der Waals surface area (Å²) in [7, 11) is 0. The summed E-state index contributed by atoms with van der Waals surface area (Å²) in [5.41, 5.74) is 0.934. The normalized spacial score (nSPS) is 12.2. The van der Waals surface area contributed by atoms with Gasteiger partial charge in [0.1, 0.15) is 6.04 Å². The maximum Gasteiger partial charge on any atom is 0.323 e. The first-order valence-corrected chi connectivity index (χ1v) is 7.09. The van der Waals surface area contributed by atoms with Crippen molar-refractivity contribution in [3.05, 3.63) is 23.9 Å². The first-order valence-electron chi connectivity index (χ1n) is 7.09. The zero-order chi connectivity index (χ0) is 15.0. The van der Waals surface area contributed by atoms with Crippen molar-refractivity contribution in [3.63, 3.8) is 0 Å². The van der Waals surface area contributed by atoms with Crippen molar-refractivity contribution in [2.45, 2.75) is 52.8 Å². The van der Waals surface area contributed by atoms with E-state index >= 15 is 0 Å². The number of rotatable bonds is 8. The molecule has 1 unspecified atom stereocenters. The van der Waals surface area contributed by atoms with E-state index < -0.39 is 0 Å². The van der Waals surface area contributed by atoms with Crippen LogP contribution in [-0.4, -0.2) is 29.7 Å². The lowest BCUT2D eigenvalue weighted by Gasteiger charge is -2.17. The van der Waals surface area contributed by atoms with Gasteiger partial charge in [-0.05, 0) is 33.3 Å². The van der Waals surface area contributed by atoms with E-state index in [1.165, 1.54) is 0 Å². The number of carbonyl (C=O) groups is 1. The Hall–Kier alpha value is -1.62. The van der Waals surface area contributed by atoms with Crippen LogP contribution in [-0.2, 0) is 16.1 Å². The molecule has 0 saturated carbocycles. The molecule has 0 amide bonds. The first-order chi connectivity index (χ1) is 9.58. The number of pyridine rings is 1. The second-order valence-electron chi connectivity index (χ2n) is 4.73. The molecule has 0 saturated heterocycles. The lowest BCUT2D eigenvalue weighted by atomic mass is 10.2. The zero-order valence-corrected chi connectivity index (χ0v) is 12.7. The maximum atomic E-state index is 11.7. The highest BCUT2D eigenvalue weighted by atomic mass is 16.5. The van der Waals surface area contributed by atoms with E-state index in [2.05, 4.69) is 10.3 Å². The van der Waals surface area contributed by atoms with Gasteiger partial charge in [-0.25, -0.2) is 4.98 Å². The summed E-state index contributed by atoms with van der Waals surface area (Å²) in [6.45, 7) is 8.58. The van der Waals surface area contributed by atoms with Gasteiger partial charge in [-0.3, -0.25) is 4.79 Å². The summed E-state index contributed by atoms with van der Waals surface area (Å²) in [6.07, 6.45) is 2.44. The molecule has 0 fully saturated rings. The van der Waals surface area contributed by atoms with Crippen LogP contribution < -0.4 is 10.1 Å². The van der Waals surface area contributed by atoms with Gasteiger partial charge in [0.15, 0.2) is 0 Å². The summed E-state index contributed by atoms with van der Waals surface area (Å²) in [4.78, 5) is 16.0. The van der Waals surface area contributed by atoms with E-state index in [1.54, 1.807) is 13.1 Å². The van der Waals surface area contributed by atoms with Gasteiger partial charge >= 0.3 is 5.97 Å². The Labute approximate surface area is 120 Å². The van der Waals surface area contributed by atoms with Gasteiger partial charge < -0.3 is 14.8 Å². The molecule has 0 aromatic carbocycles. The van der Waals surface area contributed by atoms with Crippen LogP contribution >= 0.6 is 0 Å². The van der Waals surface area contributed by atoms with Crippen LogP contribution in [0.15, 0.2) is 18.3 Å². The van der Waals surface area contributed by atoms with Crippen molar-refractivity contribution in [1.29, 1.82) is 0 Å². The number of ether oxygens (including phenoxy) is 2. The molecule has 0 aliphatic rings. The molecule has 1 rings (SSSR count). The molecule has 1 N–H and O–H groups in total. The minimum atomic E-state index is -0.304. The van der Waals surface area contributed by atoms with Gasteiger partial charge in [-0.2, -0.15) is 0 Å². The lowest BCUT2D eigenvalue weighted by molar-refractivity contribution is -0.145. The monoisotopic (exact) mass is 280 g/mol. The van der Waals surface area contributed by atoms with Crippen molar-refractivity contribution in [1.82, 2.24) is 10.3 Å². The molecular weight excluding hydrogens is 256 g/mol. The molecule has 0 spiro atoms. The number of nitrogens with one attached hydrogen (secondary N) is 1. The number of aromatic nitrogens is 1. The quantitative estimate of drug-likeness (QED) is 0.740. The van der Waals surface area contributed by atoms with Crippen molar-refractivity contribution in [3.8, 4) is 5.88 Å². The van der Waals surface area contributed by atoms with Crippen LogP contribution in [0.2, 0.25) is 0 Å². The fourth-order valence-electron chi connectivity index (χ4n) is 1.76. The van der Waals surface area contributed by atoms with Crippen LogP contribution in [0, 0.1) is 0 Å². The van der Waals surface area contributed by atoms with E-state index in [0.717, 1.165) is 5.56 Å². The van der Waals surface area contributed by atoms with Crippen molar-refractivity contribution >= 4 is 5.97 Å². The largest absolute Gasteiger partial charge is 0.475 e. The fraction of sp³-hybridized carbons (Fsp3) is 0.600. The summed E-state index contributed by atoms with van der Waals surface area (Å²) in [6, 6.07) is 3.49. The van der Waals surface area contributed by atoms with Crippen molar-refractivity contribution in [2.75, 3.05) is 6.61 Å². The topological polar surface area (TPSA) is 60.5 Å². The van der Waals surface area contributed by atoms with E-state index in [4.69, 9.17) is 9.47 Å². The van der Waals surface area contributed by atoms with Crippen LogP contribution in [0.4, 0.5) is 0 Å². The van der Waals surface area contributed by atoms with Gasteiger partial charge in [0.2, 0.25) is 5.88 Å². The molecule has 5 heteroatoms. The highest BCUT2D eigenvalue weighted by Crippen LogP contribution is 2.16. The van der Waals surface area contributed by atoms with E-state index in [9.17, 15) is 4.79 Å². The molecule has 1 aromatic heterocycles. The summed E-state index contributed by atoms with van der Waals surface area (Å²) in [5.74, 6) is 0.388. The number of hydrogen-bond acceptors (Lipinski definition) is 5. The minimum absolute atomic E-state index is 0.0654.